The number of amides is 2. The van der Waals surface area contributed by atoms with E-state index in [0.29, 0.717) is 24.5 Å². The van der Waals surface area contributed by atoms with Crippen LogP contribution in [-0.2, 0) is 9.53 Å². The molecule has 1 N–H and O–H groups in total. The molecule has 2 aromatic rings. The highest BCUT2D eigenvalue weighted by molar-refractivity contribution is 6.01. The summed E-state index contributed by atoms with van der Waals surface area (Å²) in [5, 5.41) is 2.94. The molecule has 1 atom stereocenters. The second kappa shape index (κ2) is 9.56. The van der Waals surface area contributed by atoms with Crippen LogP contribution in [-0.4, -0.2) is 49.6 Å². The van der Waals surface area contributed by atoms with Gasteiger partial charge in [0.25, 0.3) is 5.91 Å². The summed E-state index contributed by atoms with van der Waals surface area (Å²) in [7, 11) is 1.53. The van der Waals surface area contributed by atoms with Crippen molar-refractivity contribution in [2.75, 3.05) is 32.1 Å². The van der Waals surface area contributed by atoms with Crippen LogP contribution >= 0.6 is 0 Å². The van der Waals surface area contributed by atoms with Crippen LogP contribution in [0.25, 0.3) is 0 Å². The van der Waals surface area contributed by atoms with Gasteiger partial charge in [-0.05, 0) is 56.0 Å². The molecule has 0 bridgehead atoms. The molecule has 0 saturated carbocycles. The van der Waals surface area contributed by atoms with Crippen molar-refractivity contribution >= 4 is 17.5 Å². The number of nitrogens with zero attached hydrogens (tertiary/aromatic N) is 1. The maximum Gasteiger partial charge on any atom is 0.258 e. The summed E-state index contributed by atoms with van der Waals surface area (Å²) in [6.45, 7) is 4.98. The van der Waals surface area contributed by atoms with Gasteiger partial charge in [-0.15, -0.1) is 0 Å². The molecule has 6 nitrogen and oxygen atoms in total. The third-order valence-electron chi connectivity index (χ3n) is 5.29. The fourth-order valence-corrected chi connectivity index (χ4v) is 3.49. The van der Waals surface area contributed by atoms with E-state index in [9.17, 15) is 9.59 Å². The Kier molecular flexibility index (Phi) is 6.88. The first-order valence-electron chi connectivity index (χ1n) is 9.89. The lowest BCUT2D eigenvalue weighted by Gasteiger charge is -2.26. The number of carbonyl (C=O) groups excluding carboxylic acids is 2. The Hall–Kier alpha value is -2.86. The van der Waals surface area contributed by atoms with Gasteiger partial charge in [0.05, 0.1) is 18.8 Å². The van der Waals surface area contributed by atoms with Gasteiger partial charge in [-0.2, -0.15) is 0 Å². The summed E-state index contributed by atoms with van der Waals surface area (Å²) in [6, 6.07) is 12.8. The van der Waals surface area contributed by atoms with E-state index < -0.39 is 0 Å². The van der Waals surface area contributed by atoms with Crippen LogP contribution < -0.4 is 10.1 Å². The lowest BCUT2D eigenvalue weighted by Crippen LogP contribution is -2.42. The van der Waals surface area contributed by atoms with Crippen LogP contribution in [0, 0.1) is 13.8 Å². The molecule has 2 amide bonds. The molecule has 2 aromatic carbocycles. The minimum atomic E-state index is -0.242. The Labute approximate surface area is 171 Å². The molecule has 29 heavy (non-hydrogen) atoms. The van der Waals surface area contributed by atoms with E-state index in [2.05, 4.69) is 5.32 Å². The van der Waals surface area contributed by atoms with E-state index in [1.807, 2.05) is 38.1 Å². The van der Waals surface area contributed by atoms with Crippen molar-refractivity contribution in [1.82, 2.24) is 4.90 Å². The van der Waals surface area contributed by atoms with E-state index in [1.165, 1.54) is 7.11 Å². The van der Waals surface area contributed by atoms with Crippen molar-refractivity contribution in [3.05, 3.63) is 59.2 Å². The minimum absolute atomic E-state index is 0.0515. The molecule has 3 rings (SSSR count). The SMILES string of the molecule is COc1ccccc1C(=O)N(CC(=O)Nc1cccc(C)c1C)CC1CCCO1. The van der Waals surface area contributed by atoms with Gasteiger partial charge in [0, 0.05) is 18.8 Å². The molecule has 1 saturated heterocycles. The first-order chi connectivity index (χ1) is 14.0. The van der Waals surface area contributed by atoms with Crippen molar-refractivity contribution in [1.29, 1.82) is 0 Å². The number of ether oxygens (including phenoxy) is 2. The molecular formula is C23H28N2O4. The number of carbonyl (C=O) groups is 2. The molecule has 0 spiro atoms. The van der Waals surface area contributed by atoms with Gasteiger partial charge in [0.1, 0.15) is 12.3 Å². The number of benzene rings is 2. The Bertz CT molecular complexity index is 875. The largest absolute Gasteiger partial charge is 0.496 e. The van der Waals surface area contributed by atoms with Crippen LogP contribution in [0.2, 0.25) is 0 Å². The second-order valence-electron chi connectivity index (χ2n) is 7.32. The number of methoxy groups -OCH3 is 1. The summed E-state index contributed by atoms with van der Waals surface area (Å²) < 4.78 is 11.0. The average molecular weight is 396 g/mol. The Morgan fingerprint density at radius 2 is 1.97 bits per heavy atom. The predicted molar refractivity (Wildman–Crippen MR) is 112 cm³/mol. The van der Waals surface area contributed by atoms with Gasteiger partial charge in [-0.1, -0.05) is 24.3 Å². The van der Waals surface area contributed by atoms with Crippen LogP contribution in [0.1, 0.15) is 34.3 Å². The number of aryl methyl sites for hydroxylation is 1. The third kappa shape index (κ3) is 5.15. The summed E-state index contributed by atoms with van der Waals surface area (Å²) in [5.41, 5.74) is 3.32. The maximum absolute atomic E-state index is 13.2. The van der Waals surface area contributed by atoms with E-state index in [1.54, 1.807) is 23.1 Å². The van der Waals surface area contributed by atoms with Crippen LogP contribution in [0.15, 0.2) is 42.5 Å². The smallest absolute Gasteiger partial charge is 0.258 e. The van der Waals surface area contributed by atoms with Gasteiger partial charge in [0.2, 0.25) is 5.91 Å². The molecule has 6 heteroatoms. The molecule has 1 aliphatic heterocycles. The van der Waals surface area contributed by atoms with E-state index >= 15 is 0 Å². The zero-order chi connectivity index (χ0) is 20.8. The van der Waals surface area contributed by atoms with Gasteiger partial charge in [0.15, 0.2) is 0 Å². The first-order valence-corrected chi connectivity index (χ1v) is 9.89. The molecule has 1 fully saturated rings. The van der Waals surface area contributed by atoms with Gasteiger partial charge < -0.3 is 19.7 Å². The molecule has 1 heterocycles. The Morgan fingerprint density at radius 1 is 1.17 bits per heavy atom. The third-order valence-corrected chi connectivity index (χ3v) is 5.29. The number of anilines is 1. The lowest BCUT2D eigenvalue weighted by atomic mass is 10.1. The monoisotopic (exact) mass is 396 g/mol. The molecule has 1 unspecified atom stereocenters. The fourth-order valence-electron chi connectivity index (χ4n) is 3.49. The van der Waals surface area contributed by atoms with E-state index in [4.69, 9.17) is 9.47 Å². The topological polar surface area (TPSA) is 67.9 Å². The average Bonchev–Trinajstić information content (AvgIpc) is 3.23. The van der Waals surface area contributed by atoms with E-state index in [-0.39, 0.29) is 24.5 Å². The molecule has 0 aliphatic carbocycles. The summed E-state index contributed by atoms with van der Waals surface area (Å²) >= 11 is 0. The summed E-state index contributed by atoms with van der Waals surface area (Å²) in [6.07, 6.45) is 1.80. The van der Waals surface area contributed by atoms with Crippen molar-refractivity contribution in [3.8, 4) is 5.75 Å². The standard InChI is InChI=1S/C23H28N2O4/c1-16-8-6-11-20(17(16)2)24-22(26)15-25(14-18-9-7-13-29-18)23(27)19-10-4-5-12-21(19)28-3/h4-6,8,10-12,18H,7,9,13-15H2,1-3H3,(H,24,26). The fraction of sp³-hybridized carbons (Fsp3) is 0.391. The van der Waals surface area contributed by atoms with Gasteiger partial charge >= 0.3 is 0 Å². The quantitative estimate of drug-likeness (QED) is 0.777. The van der Waals surface area contributed by atoms with Crippen LogP contribution in [0.5, 0.6) is 5.75 Å². The number of hydrogen-bond donors (Lipinski definition) is 1. The van der Waals surface area contributed by atoms with Crippen LogP contribution in [0.4, 0.5) is 5.69 Å². The van der Waals surface area contributed by atoms with Crippen molar-refractivity contribution in [3.63, 3.8) is 0 Å². The Morgan fingerprint density at radius 3 is 2.69 bits per heavy atom. The highest BCUT2D eigenvalue weighted by Crippen LogP contribution is 2.22. The van der Waals surface area contributed by atoms with E-state index in [0.717, 1.165) is 29.7 Å². The van der Waals surface area contributed by atoms with Crippen LogP contribution in [0.3, 0.4) is 0 Å². The summed E-state index contributed by atoms with van der Waals surface area (Å²) in [5.74, 6) is 0.0128. The zero-order valence-corrected chi connectivity index (χ0v) is 17.2. The van der Waals surface area contributed by atoms with Gasteiger partial charge in [-0.3, -0.25) is 9.59 Å². The molecule has 0 radical (unpaired) electrons. The Balaban J connectivity index is 1.78. The van der Waals surface area contributed by atoms with Crippen molar-refractivity contribution in [2.24, 2.45) is 0 Å². The molecule has 0 aromatic heterocycles. The molecule has 1 aliphatic rings. The molecule has 154 valence electrons. The number of nitrogens with one attached hydrogen (secondary N) is 1. The number of hydrogen-bond acceptors (Lipinski definition) is 4. The first kappa shape index (κ1) is 20.9. The number of para-hydroxylation sites is 1. The molecular weight excluding hydrogens is 368 g/mol. The predicted octanol–water partition coefficient (Wildman–Crippen LogP) is 3.57. The summed E-state index contributed by atoms with van der Waals surface area (Å²) in [4.78, 5) is 27.6. The highest BCUT2D eigenvalue weighted by atomic mass is 16.5. The highest BCUT2D eigenvalue weighted by Gasteiger charge is 2.27. The normalized spacial score (nSPS) is 15.8. The van der Waals surface area contributed by atoms with Crippen molar-refractivity contribution < 1.29 is 19.1 Å². The maximum atomic E-state index is 13.2. The minimum Gasteiger partial charge on any atom is -0.496 e. The lowest BCUT2D eigenvalue weighted by molar-refractivity contribution is -0.117. The second-order valence-corrected chi connectivity index (χ2v) is 7.32. The number of rotatable bonds is 7. The van der Waals surface area contributed by atoms with Crippen molar-refractivity contribution in [2.45, 2.75) is 32.8 Å². The van der Waals surface area contributed by atoms with Gasteiger partial charge in [-0.25, -0.2) is 0 Å². The zero-order valence-electron chi connectivity index (χ0n) is 17.2.